The first kappa shape index (κ1) is 20.5. The summed E-state index contributed by atoms with van der Waals surface area (Å²) < 4.78 is 139. The number of rotatable bonds is 2. The van der Waals surface area contributed by atoms with Gasteiger partial charge in [0, 0.05) is 0 Å². The molecule has 0 saturated heterocycles. The number of alkyl halides is 9. The summed E-state index contributed by atoms with van der Waals surface area (Å²) >= 11 is 0. The fraction of sp³-hybridized carbons (Fsp3) is 1.00. The second kappa shape index (κ2) is 6.12. The fourth-order valence-corrected chi connectivity index (χ4v) is 1.76. The lowest BCUT2D eigenvalue weighted by Crippen LogP contribution is -2.34. The maximum atomic E-state index is 11.4. The third-order valence-corrected chi connectivity index (χ3v) is 3.31. The molecule has 0 N–H and O–H groups in total. The van der Waals surface area contributed by atoms with E-state index >= 15 is 0 Å². The molecular formula is C3HF9O5S2. The standard InChI is InChI=1S/C2F6O5S2.CHF3/c3-1(4,5)14(9,10)13-15(11,12)2(6,7)8;2-1(3)4/h;1H. The van der Waals surface area contributed by atoms with Gasteiger partial charge in [-0.1, -0.05) is 0 Å². The molecule has 0 aliphatic carbocycles. The van der Waals surface area contributed by atoms with Gasteiger partial charge in [0.05, 0.1) is 0 Å². The van der Waals surface area contributed by atoms with Crippen LogP contribution >= 0.6 is 0 Å². The Balaban J connectivity index is 0. The molecule has 0 atom stereocenters. The summed E-state index contributed by atoms with van der Waals surface area (Å²) in [7, 11) is -13.7. The molecule has 0 spiro atoms. The first-order valence-electron chi connectivity index (χ1n) is 3.20. The maximum absolute atomic E-state index is 11.4. The molecule has 0 rings (SSSR count). The monoisotopic (exact) mass is 352 g/mol. The predicted octanol–water partition coefficient (Wildman–Crippen LogP) is 1.88. The van der Waals surface area contributed by atoms with Crippen LogP contribution in [0.3, 0.4) is 0 Å². The highest BCUT2D eigenvalue weighted by molar-refractivity contribution is 8.00. The molecule has 5 nitrogen and oxygen atoms in total. The van der Waals surface area contributed by atoms with Crippen LogP contribution in [0.2, 0.25) is 0 Å². The minimum Gasteiger partial charge on any atom is -0.188 e. The van der Waals surface area contributed by atoms with E-state index in [1.165, 1.54) is 0 Å². The van der Waals surface area contributed by atoms with E-state index in [4.69, 9.17) is 0 Å². The Morgan fingerprint density at radius 1 is 0.684 bits per heavy atom. The van der Waals surface area contributed by atoms with Gasteiger partial charge in [-0.25, -0.2) is 0 Å². The molecule has 0 amide bonds. The van der Waals surface area contributed by atoms with Crippen LogP contribution < -0.4 is 0 Å². The molecule has 0 fully saturated rings. The van der Waals surface area contributed by atoms with Gasteiger partial charge in [0.15, 0.2) is 0 Å². The summed E-state index contributed by atoms with van der Waals surface area (Å²) in [6, 6.07) is 0. The van der Waals surface area contributed by atoms with E-state index in [2.05, 4.69) is 0 Å². The molecule has 0 aromatic heterocycles. The van der Waals surface area contributed by atoms with Crippen molar-refractivity contribution in [2.75, 3.05) is 0 Å². The zero-order valence-electron chi connectivity index (χ0n) is 7.84. The Morgan fingerprint density at radius 3 is 0.947 bits per heavy atom. The van der Waals surface area contributed by atoms with E-state index in [1.807, 2.05) is 3.63 Å². The lowest BCUT2D eigenvalue weighted by molar-refractivity contribution is -0.0585. The molecule has 0 heterocycles. The van der Waals surface area contributed by atoms with Crippen LogP contribution in [0.25, 0.3) is 0 Å². The molecule has 118 valence electrons. The van der Waals surface area contributed by atoms with Gasteiger partial charge in [-0.15, -0.1) is 3.63 Å². The Bertz CT molecular complexity index is 424. The van der Waals surface area contributed by atoms with Crippen LogP contribution in [0, 0.1) is 0 Å². The van der Waals surface area contributed by atoms with Gasteiger partial charge in [0.1, 0.15) is 0 Å². The largest absolute Gasteiger partial charge is 0.524 e. The minimum absolute atomic E-state index is 2.05. The van der Waals surface area contributed by atoms with Gasteiger partial charge in [-0.05, 0) is 0 Å². The Morgan fingerprint density at radius 2 is 0.842 bits per heavy atom. The lowest BCUT2D eigenvalue weighted by atomic mass is 11.6. The van der Waals surface area contributed by atoms with E-state index in [-0.39, 0.29) is 0 Å². The Kier molecular flexibility index (Phi) is 6.62. The molecule has 0 bridgehead atoms. The molecule has 0 radical (unpaired) electrons. The SMILES string of the molecule is FC(F)F.O=S(=O)(OS(=O)(=O)C(F)(F)F)C(F)(F)F. The third-order valence-electron chi connectivity index (χ3n) is 0.746. The van der Waals surface area contributed by atoms with Gasteiger partial charge in [-0.3, -0.25) is 0 Å². The van der Waals surface area contributed by atoms with Gasteiger partial charge in [0.25, 0.3) is 0 Å². The molecule has 0 aromatic carbocycles. The maximum Gasteiger partial charge on any atom is 0.524 e. The number of hydrogen-bond donors (Lipinski definition) is 0. The van der Waals surface area contributed by atoms with E-state index in [0.717, 1.165) is 0 Å². The summed E-state index contributed by atoms with van der Waals surface area (Å²) in [5, 5.41) is 0. The Hall–Kier alpha value is -0.770. The van der Waals surface area contributed by atoms with Crippen molar-refractivity contribution in [1.82, 2.24) is 0 Å². The normalized spacial score (nSPS) is 14.0. The van der Waals surface area contributed by atoms with Gasteiger partial charge in [0.2, 0.25) is 0 Å². The third kappa shape index (κ3) is 7.41. The van der Waals surface area contributed by atoms with E-state index < -0.39 is 37.9 Å². The smallest absolute Gasteiger partial charge is 0.188 e. The topological polar surface area (TPSA) is 77.5 Å². The predicted molar refractivity (Wildman–Crippen MR) is 38.1 cm³/mol. The molecular weight excluding hydrogens is 351 g/mol. The zero-order chi connectivity index (χ0) is 16.3. The minimum atomic E-state index is -6.85. The van der Waals surface area contributed by atoms with Crippen molar-refractivity contribution in [2.45, 2.75) is 17.7 Å². The molecule has 0 unspecified atom stereocenters. The average molecular weight is 352 g/mol. The van der Waals surface area contributed by atoms with E-state index in [9.17, 15) is 56.3 Å². The lowest BCUT2D eigenvalue weighted by Gasteiger charge is -2.09. The molecule has 0 aliphatic heterocycles. The number of hydrogen-bond acceptors (Lipinski definition) is 5. The van der Waals surface area contributed by atoms with Crippen molar-refractivity contribution in [1.29, 1.82) is 0 Å². The van der Waals surface area contributed by atoms with Crippen molar-refractivity contribution in [2.24, 2.45) is 0 Å². The first-order chi connectivity index (χ1) is 7.94. The second-order valence-corrected chi connectivity index (χ2v) is 5.40. The summed E-state index contributed by atoms with van der Waals surface area (Å²) in [5.74, 6) is 0. The van der Waals surface area contributed by atoms with Crippen LogP contribution in [0.5, 0.6) is 0 Å². The molecule has 0 saturated carbocycles. The van der Waals surface area contributed by atoms with Crippen LogP contribution in [0.4, 0.5) is 39.5 Å². The van der Waals surface area contributed by atoms with Gasteiger partial charge >= 0.3 is 37.9 Å². The van der Waals surface area contributed by atoms with Gasteiger partial charge in [-0.2, -0.15) is 56.3 Å². The van der Waals surface area contributed by atoms with E-state index in [0.29, 0.717) is 0 Å². The quantitative estimate of drug-likeness (QED) is 0.560. The van der Waals surface area contributed by atoms with Crippen LogP contribution in [-0.2, 0) is 23.9 Å². The van der Waals surface area contributed by atoms with Crippen molar-refractivity contribution in [3.63, 3.8) is 0 Å². The summed E-state index contributed by atoms with van der Waals surface area (Å²) in [6.45, 7) is -3.67. The molecule has 0 aliphatic rings. The zero-order valence-corrected chi connectivity index (χ0v) is 9.47. The molecule has 0 aromatic rings. The van der Waals surface area contributed by atoms with Crippen LogP contribution in [0.15, 0.2) is 0 Å². The van der Waals surface area contributed by atoms with Crippen LogP contribution in [-0.4, -0.2) is 34.5 Å². The highest BCUT2D eigenvalue weighted by Crippen LogP contribution is 2.31. The fourth-order valence-electron chi connectivity index (χ4n) is 0.195. The Labute approximate surface area is 98.7 Å². The second-order valence-electron chi connectivity index (χ2n) is 2.12. The van der Waals surface area contributed by atoms with E-state index in [1.54, 1.807) is 0 Å². The van der Waals surface area contributed by atoms with Crippen molar-refractivity contribution >= 4 is 20.2 Å². The highest BCUT2D eigenvalue weighted by atomic mass is 32.3. The summed E-state index contributed by atoms with van der Waals surface area (Å²) in [4.78, 5) is 0. The number of halogens is 9. The molecule has 19 heavy (non-hydrogen) atoms. The van der Waals surface area contributed by atoms with Gasteiger partial charge < -0.3 is 0 Å². The van der Waals surface area contributed by atoms with Crippen LogP contribution in [0.1, 0.15) is 0 Å². The summed E-state index contributed by atoms with van der Waals surface area (Å²) in [5.41, 5.74) is -12.5. The molecule has 16 heteroatoms. The van der Waals surface area contributed by atoms with Crippen molar-refractivity contribution in [3.8, 4) is 0 Å². The van der Waals surface area contributed by atoms with Crippen molar-refractivity contribution < 1.29 is 60.0 Å². The van der Waals surface area contributed by atoms with Crippen molar-refractivity contribution in [3.05, 3.63) is 0 Å². The average Bonchev–Trinajstić information content (AvgIpc) is 1.94. The summed E-state index contributed by atoms with van der Waals surface area (Å²) in [6.07, 6.45) is 0. The highest BCUT2D eigenvalue weighted by Gasteiger charge is 2.57. The first-order valence-corrected chi connectivity index (χ1v) is 6.01.